The van der Waals surface area contributed by atoms with Crippen LogP contribution in [0.5, 0.6) is 0 Å². The third-order valence-corrected chi connectivity index (χ3v) is 8.23. The van der Waals surface area contributed by atoms with Crippen molar-refractivity contribution in [1.29, 1.82) is 0 Å². The van der Waals surface area contributed by atoms with Crippen molar-refractivity contribution in [3.63, 3.8) is 0 Å². The van der Waals surface area contributed by atoms with E-state index in [1.54, 1.807) is 16.4 Å². The lowest BCUT2D eigenvalue weighted by atomic mass is 10.1. The van der Waals surface area contributed by atoms with Crippen LogP contribution in [0, 0.1) is 13.8 Å². The molecule has 0 bridgehead atoms. The molecule has 3 nitrogen and oxygen atoms in total. The van der Waals surface area contributed by atoms with Crippen LogP contribution in [0.4, 0.5) is 5.69 Å². The third kappa shape index (κ3) is 2.54. The molecule has 2 aliphatic rings. The fraction of sp³-hybridized carbons (Fsp3) is 0.368. The fourth-order valence-electron chi connectivity index (χ4n) is 3.68. The number of rotatable bonds is 2. The van der Waals surface area contributed by atoms with E-state index in [4.69, 9.17) is 0 Å². The number of thioether (sulfide) groups is 1. The molecule has 0 saturated heterocycles. The van der Waals surface area contributed by atoms with Gasteiger partial charge in [-0.25, -0.2) is 8.42 Å². The molecule has 0 spiro atoms. The maximum absolute atomic E-state index is 13.4. The van der Waals surface area contributed by atoms with Crippen LogP contribution in [-0.4, -0.2) is 19.7 Å². The van der Waals surface area contributed by atoms with Gasteiger partial charge in [-0.15, -0.1) is 11.8 Å². The summed E-state index contributed by atoms with van der Waals surface area (Å²) in [6, 6.07) is 13.4. The van der Waals surface area contributed by atoms with Crippen molar-refractivity contribution in [2.75, 3.05) is 4.31 Å². The summed E-state index contributed by atoms with van der Waals surface area (Å²) in [5, 5.41) is 0.362. The van der Waals surface area contributed by atoms with Crippen molar-refractivity contribution in [3.8, 4) is 0 Å². The molecule has 5 heteroatoms. The number of benzene rings is 2. The van der Waals surface area contributed by atoms with E-state index in [9.17, 15) is 8.42 Å². The van der Waals surface area contributed by atoms with Crippen molar-refractivity contribution in [1.82, 2.24) is 0 Å². The molecule has 4 rings (SSSR count). The summed E-state index contributed by atoms with van der Waals surface area (Å²) in [5.41, 5.74) is 3.01. The van der Waals surface area contributed by atoms with E-state index in [-0.39, 0.29) is 6.04 Å². The Balaban J connectivity index is 1.88. The van der Waals surface area contributed by atoms with Gasteiger partial charge in [0.25, 0.3) is 10.0 Å². The van der Waals surface area contributed by atoms with Gasteiger partial charge in [-0.3, -0.25) is 4.31 Å². The van der Waals surface area contributed by atoms with E-state index in [0.717, 1.165) is 41.0 Å². The third-order valence-electron chi connectivity index (χ3n) is 4.93. The molecule has 1 fully saturated rings. The molecule has 126 valence electrons. The maximum atomic E-state index is 13.4. The highest BCUT2D eigenvalue weighted by Crippen LogP contribution is 2.49. The van der Waals surface area contributed by atoms with Crippen LogP contribution in [0.2, 0.25) is 0 Å². The smallest absolute Gasteiger partial charge is 0.261 e. The molecule has 1 aliphatic heterocycles. The first-order chi connectivity index (χ1) is 11.5. The highest BCUT2D eigenvalue weighted by atomic mass is 32.2. The Morgan fingerprint density at radius 3 is 2.46 bits per heavy atom. The number of sulfonamides is 1. The van der Waals surface area contributed by atoms with E-state index in [0.29, 0.717) is 10.1 Å². The highest BCUT2D eigenvalue weighted by molar-refractivity contribution is 8.00. The Morgan fingerprint density at radius 2 is 1.71 bits per heavy atom. The largest absolute Gasteiger partial charge is 0.264 e. The lowest BCUT2D eigenvalue weighted by Crippen LogP contribution is -2.46. The van der Waals surface area contributed by atoms with Gasteiger partial charge in [0, 0.05) is 10.1 Å². The number of fused-ring (bicyclic) bond motifs is 2. The van der Waals surface area contributed by atoms with Gasteiger partial charge in [0.1, 0.15) is 0 Å². The standard InChI is InChI=1S/C19H21NO2S2/c1-13-6-9-15(10-7-13)24(21,22)20-16-4-3-5-18(16)23-19-11-8-14(2)12-17(19)20/h6-12,16,18H,3-5H2,1-2H3/t16-,18-/m1/s1. The number of aryl methyl sites for hydroxylation is 2. The first kappa shape index (κ1) is 16.0. The Morgan fingerprint density at radius 1 is 1.00 bits per heavy atom. The van der Waals surface area contributed by atoms with Crippen LogP contribution in [-0.2, 0) is 10.0 Å². The summed E-state index contributed by atoms with van der Waals surface area (Å²) in [7, 11) is -3.54. The molecule has 1 saturated carbocycles. The van der Waals surface area contributed by atoms with Gasteiger partial charge >= 0.3 is 0 Å². The average Bonchev–Trinajstić information content (AvgIpc) is 3.00. The molecule has 0 aromatic heterocycles. The average molecular weight is 360 g/mol. The predicted octanol–water partition coefficient (Wildman–Crippen LogP) is 4.53. The lowest BCUT2D eigenvalue weighted by Gasteiger charge is -2.39. The summed E-state index contributed by atoms with van der Waals surface area (Å²) in [6.07, 6.45) is 3.12. The van der Waals surface area contributed by atoms with Gasteiger partial charge in [-0.2, -0.15) is 0 Å². The molecule has 0 N–H and O–H groups in total. The molecule has 0 amide bonds. The summed E-state index contributed by atoms with van der Waals surface area (Å²) < 4.78 is 28.6. The van der Waals surface area contributed by atoms with E-state index < -0.39 is 10.0 Å². The Labute approximate surface area is 148 Å². The molecule has 2 aromatic rings. The lowest BCUT2D eigenvalue weighted by molar-refractivity contribution is 0.574. The quantitative estimate of drug-likeness (QED) is 0.791. The second-order valence-corrected chi connectivity index (χ2v) is 9.84. The van der Waals surface area contributed by atoms with Crippen molar-refractivity contribution < 1.29 is 8.42 Å². The molecule has 1 heterocycles. The van der Waals surface area contributed by atoms with Crippen molar-refractivity contribution in [2.24, 2.45) is 0 Å². The van der Waals surface area contributed by atoms with Crippen molar-refractivity contribution >= 4 is 27.5 Å². The molecule has 1 aliphatic carbocycles. The summed E-state index contributed by atoms with van der Waals surface area (Å²) in [6.45, 7) is 3.99. The second kappa shape index (κ2) is 5.81. The zero-order valence-electron chi connectivity index (χ0n) is 13.9. The topological polar surface area (TPSA) is 37.4 Å². The normalized spacial score (nSPS) is 23.0. The molecular weight excluding hydrogens is 338 g/mol. The highest BCUT2D eigenvalue weighted by Gasteiger charge is 2.44. The van der Waals surface area contributed by atoms with Gasteiger partial charge in [-0.1, -0.05) is 30.2 Å². The van der Waals surface area contributed by atoms with Gasteiger partial charge in [0.15, 0.2) is 0 Å². The van der Waals surface area contributed by atoms with E-state index in [1.165, 1.54) is 0 Å². The molecule has 24 heavy (non-hydrogen) atoms. The van der Waals surface area contributed by atoms with E-state index >= 15 is 0 Å². The number of hydrogen-bond donors (Lipinski definition) is 0. The van der Waals surface area contributed by atoms with Crippen LogP contribution in [0.1, 0.15) is 30.4 Å². The van der Waals surface area contributed by atoms with Gasteiger partial charge < -0.3 is 0 Å². The van der Waals surface area contributed by atoms with Crippen LogP contribution >= 0.6 is 11.8 Å². The summed E-state index contributed by atoms with van der Waals surface area (Å²) in [4.78, 5) is 1.47. The Kier molecular flexibility index (Phi) is 3.88. The van der Waals surface area contributed by atoms with Crippen molar-refractivity contribution in [3.05, 3.63) is 53.6 Å². The van der Waals surface area contributed by atoms with E-state index in [2.05, 4.69) is 12.1 Å². The van der Waals surface area contributed by atoms with Crippen LogP contribution < -0.4 is 4.31 Å². The van der Waals surface area contributed by atoms with Crippen molar-refractivity contribution in [2.45, 2.75) is 54.2 Å². The zero-order valence-corrected chi connectivity index (χ0v) is 15.5. The summed E-state index contributed by atoms with van der Waals surface area (Å²) in [5.74, 6) is 0. The Hall–Kier alpha value is -1.46. The first-order valence-electron chi connectivity index (χ1n) is 8.35. The van der Waals surface area contributed by atoms with E-state index in [1.807, 2.05) is 43.8 Å². The van der Waals surface area contributed by atoms with Crippen LogP contribution in [0.3, 0.4) is 0 Å². The minimum atomic E-state index is -3.54. The van der Waals surface area contributed by atoms with Gasteiger partial charge in [0.2, 0.25) is 0 Å². The Bertz CT molecular complexity index is 875. The zero-order chi connectivity index (χ0) is 16.9. The maximum Gasteiger partial charge on any atom is 0.264 e. The minimum Gasteiger partial charge on any atom is -0.261 e. The monoisotopic (exact) mass is 359 g/mol. The number of anilines is 1. The van der Waals surface area contributed by atoms with Gasteiger partial charge in [-0.05, 0) is 56.5 Å². The summed E-state index contributed by atoms with van der Waals surface area (Å²) >= 11 is 1.85. The SMILES string of the molecule is Cc1ccc(S(=O)(=O)N2c3cc(C)ccc3S[C@@H]3CCC[C@H]32)cc1. The molecule has 2 aromatic carbocycles. The molecule has 2 atom stereocenters. The van der Waals surface area contributed by atoms with Crippen LogP contribution in [0.25, 0.3) is 0 Å². The van der Waals surface area contributed by atoms with Gasteiger partial charge in [0.05, 0.1) is 16.6 Å². The fourth-order valence-corrected chi connectivity index (χ4v) is 7.00. The predicted molar refractivity (Wildman–Crippen MR) is 99.3 cm³/mol. The molecule has 0 radical (unpaired) electrons. The molecule has 0 unspecified atom stereocenters. The van der Waals surface area contributed by atoms with Crippen LogP contribution in [0.15, 0.2) is 52.3 Å². The first-order valence-corrected chi connectivity index (χ1v) is 10.7. The second-order valence-electron chi connectivity index (χ2n) is 6.74. The number of hydrogen-bond acceptors (Lipinski definition) is 3. The minimum absolute atomic E-state index is 0.0654. The molecular formula is C19H21NO2S2. The number of nitrogens with zero attached hydrogens (tertiary/aromatic N) is 1.